The van der Waals surface area contributed by atoms with Crippen molar-refractivity contribution in [2.24, 2.45) is 7.05 Å². The average Bonchev–Trinajstić information content (AvgIpc) is 3.64. The van der Waals surface area contributed by atoms with Crippen molar-refractivity contribution in [1.29, 1.82) is 0 Å². The number of aromatic nitrogens is 3. The fourth-order valence-electron chi connectivity index (χ4n) is 4.06. The van der Waals surface area contributed by atoms with Crippen molar-refractivity contribution in [2.75, 3.05) is 6.61 Å². The Bertz CT molecular complexity index is 1400. The minimum Gasteiger partial charge on any atom is -0.507 e. The number of hydrogen-bond donors (Lipinski definition) is 2. The molecule has 1 unspecified atom stereocenters. The number of ether oxygens (including phenoxy) is 1. The third-order valence-corrected chi connectivity index (χ3v) is 6.09. The topological polar surface area (TPSA) is 97.5 Å². The highest BCUT2D eigenvalue weighted by Crippen LogP contribution is 2.42. The van der Waals surface area contributed by atoms with Gasteiger partial charge in [0, 0.05) is 30.3 Å². The number of aliphatic hydroxyl groups is 1. The van der Waals surface area contributed by atoms with Crippen LogP contribution in [0.15, 0.2) is 65.6 Å². The first-order valence-corrected chi connectivity index (χ1v) is 11.0. The zero-order valence-electron chi connectivity index (χ0n) is 17.9. The molecule has 1 fully saturated rings. The summed E-state index contributed by atoms with van der Waals surface area (Å²) in [6.07, 6.45) is 3.40. The molecular weight excluding hydrogens is 442 g/mol. The molecule has 5 rings (SSSR count). The molecule has 2 heterocycles. The van der Waals surface area contributed by atoms with Gasteiger partial charge in [-0.25, -0.2) is 9.97 Å². The molecule has 2 N–H and O–H groups in total. The predicted octanol–water partition coefficient (Wildman–Crippen LogP) is 3.77. The van der Waals surface area contributed by atoms with E-state index in [1.54, 1.807) is 25.4 Å². The lowest BCUT2D eigenvalue weighted by Crippen LogP contribution is -2.37. The molecule has 0 radical (unpaired) electrons. The van der Waals surface area contributed by atoms with E-state index in [0.717, 1.165) is 18.4 Å². The predicted molar refractivity (Wildman–Crippen MR) is 125 cm³/mol. The van der Waals surface area contributed by atoms with Crippen LogP contribution in [0.25, 0.3) is 22.0 Å². The van der Waals surface area contributed by atoms with Gasteiger partial charge in [0.25, 0.3) is 5.56 Å². The summed E-state index contributed by atoms with van der Waals surface area (Å²) in [5.74, 6) is -0.125. The van der Waals surface area contributed by atoms with Crippen LogP contribution in [0.1, 0.15) is 24.1 Å². The van der Waals surface area contributed by atoms with Crippen LogP contribution in [0, 0.1) is 0 Å². The van der Waals surface area contributed by atoms with Crippen molar-refractivity contribution < 1.29 is 14.9 Å². The van der Waals surface area contributed by atoms with Gasteiger partial charge in [-0.05, 0) is 47.7 Å². The van der Waals surface area contributed by atoms with E-state index in [4.69, 9.17) is 16.3 Å². The summed E-state index contributed by atoms with van der Waals surface area (Å²) in [7, 11) is 1.62. The van der Waals surface area contributed by atoms with E-state index in [1.807, 2.05) is 36.4 Å². The summed E-state index contributed by atoms with van der Waals surface area (Å²) in [5, 5.41) is 21.8. The highest BCUT2D eigenvalue weighted by Gasteiger charge is 2.43. The van der Waals surface area contributed by atoms with E-state index in [-0.39, 0.29) is 29.3 Å². The molecule has 1 saturated carbocycles. The number of pyridine rings is 1. The summed E-state index contributed by atoms with van der Waals surface area (Å²) < 4.78 is 7.84. The number of hydrogen-bond acceptors (Lipinski definition) is 6. The highest BCUT2D eigenvalue weighted by molar-refractivity contribution is 6.28. The lowest BCUT2D eigenvalue weighted by atomic mass is 9.87. The number of halogens is 1. The van der Waals surface area contributed by atoms with Crippen LogP contribution < -0.4 is 5.56 Å². The van der Waals surface area contributed by atoms with Gasteiger partial charge < -0.3 is 19.5 Å². The van der Waals surface area contributed by atoms with Gasteiger partial charge in [-0.1, -0.05) is 36.4 Å². The zero-order chi connectivity index (χ0) is 23.2. The van der Waals surface area contributed by atoms with Gasteiger partial charge in [0.15, 0.2) is 5.60 Å². The number of aromatic hydroxyl groups is 1. The Hall–Kier alpha value is -3.26. The number of fused-ring (bicyclic) bond motifs is 1. The van der Waals surface area contributed by atoms with Crippen LogP contribution in [0.4, 0.5) is 0 Å². The van der Waals surface area contributed by atoms with Crippen molar-refractivity contribution in [1.82, 2.24) is 14.5 Å². The Labute approximate surface area is 194 Å². The molecule has 1 atom stereocenters. The van der Waals surface area contributed by atoms with E-state index in [2.05, 4.69) is 9.97 Å². The SMILES string of the molecule is Cn1cc(-c2ccc3nc(Cl)nc(C(CO)(OC4CC4)c4ccccc4)c3c2)c(O)cc1=O. The second-order valence-corrected chi connectivity index (χ2v) is 8.60. The second-order valence-electron chi connectivity index (χ2n) is 8.26. The van der Waals surface area contributed by atoms with Gasteiger partial charge in [-0.15, -0.1) is 0 Å². The number of benzene rings is 2. The maximum atomic E-state index is 11.9. The Morgan fingerprint density at radius 3 is 2.61 bits per heavy atom. The van der Waals surface area contributed by atoms with Crippen molar-refractivity contribution in [3.05, 3.63) is 87.7 Å². The molecule has 0 aliphatic heterocycles. The Balaban J connectivity index is 1.78. The van der Waals surface area contributed by atoms with Crippen molar-refractivity contribution in [2.45, 2.75) is 24.5 Å². The molecule has 0 bridgehead atoms. The summed E-state index contributed by atoms with van der Waals surface area (Å²) in [6, 6.07) is 16.0. The first-order chi connectivity index (χ1) is 15.9. The Morgan fingerprint density at radius 2 is 1.91 bits per heavy atom. The normalized spacial score (nSPS) is 15.5. The average molecular weight is 464 g/mol. The molecule has 2 aromatic carbocycles. The first-order valence-electron chi connectivity index (χ1n) is 10.6. The number of aryl methyl sites for hydroxylation is 1. The Morgan fingerprint density at radius 1 is 1.15 bits per heavy atom. The molecule has 168 valence electrons. The maximum absolute atomic E-state index is 11.9. The smallest absolute Gasteiger partial charge is 0.254 e. The molecule has 0 amide bonds. The molecule has 8 heteroatoms. The van der Waals surface area contributed by atoms with Gasteiger partial charge in [0.05, 0.1) is 23.9 Å². The van der Waals surface area contributed by atoms with Crippen LogP contribution in [0.2, 0.25) is 5.28 Å². The van der Waals surface area contributed by atoms with Gasteiger partial charge in [0.2, 0.25) is 5.28 Å². The third kappa shape index (κ3) is 3.88. The standard InChI is InChI=1S/C25H22ClN3O4/c1-29-13-19(21(31)12-22(29)32)15-7-10-20-18(11-15)23(28-24(26)27-20)25(14-30,33-17-8-9-17)16-5-3-2-4-6-16/h2-7,10-13,17,30-31H,8-9,14H2,1H3. The summed E-state index contributed by atoms with van der Waals surface area (Å²) in [4.78, 5) is 20.8. The van der Waals surface area contributed by atoms with Crippen LogP contribution in [0.5, 0.6) is 5.75 Å². The molecular formula is C25H22ClN3O4. The van der Waals surface area contributed by atoms with E-state index in [0.29, 0.717) is 27.7 Å². The largest absolute Gasteiger partial charge is 0.507 e. The van der Waals surface area contributed by atoms with Gasteiger partial charge in [0.1, 0.15) is 5.75 Å². The molecule has 7 nitrogen and oxygen atoms in total. The van der Waals surface area contributed by atoms with Gasteiger partial charge in [-0.3, -0.25) is 4.79 Å². The summed E-state index contributed by atoms with van der Waals surface area (Å²) in [6.45, 7) is -0.342. The number of aliphatic hydroxyl groups excluding tert-OH is 1. The zero-order valence-corrected chi connectivity index (χ0v) is 18.7. The van der Waals surface area contributed by atoms with Crippen LogP contribution in [-0.2, 0) is 17.4 Å². The molecule has 2 aromatic heterocycles. The first kappa shape index (κ1) is 21.6. The monoisotopic (exact) mass is 463 g/mol. The van der Waals surface area contributed by atoms with E-state index in [1.165, 1.54) is 10.6 Å². The van der Waals surface area contributed by atoms with Crippen molar-refractivity contribution in [3.8, 4) is 16.9 Å². The lowest BCUT2D eigenvalue weighted by Gasteiger charge is -2.33. The number of nitrogens with zero attached hydrogens (tertiary/aromatic N) is 3. The maximum Gasteiger partial charge on any atom is 0.254 e. The van der Waals surface area contributed by atoms with E-state index in [9.17, 15) is 15.0 Å². The van der Waals surface area contributed by atoms with Gasteiger partial charge >= 0.3 is 0 Å². The van der Waals surface area contributed by atoms with Crippen LogP contribution >= 0.6 is 11.6 Å². The van der Waals surface area contributed by atoms with Gasteiger partial charge in [-0.2, -0.15) is 0 Å². The van der Waals surface area contributed by atoms with Crippen LogP contribution in [-0.4, -0.2) is 37.5 Å². The lowest BCUT2D eigenvalue weighted by molar-refractivity contribution is -0.0672. The third-order valence-electron chi connectivity index (χ3n) is 5.92. The fourth-order valence-corrected chi connectivity index (χ4v) is 4.24. The summed E-state index contributed by atoms with van der Waals surface area (Å²) >= 11 is 6.31. The van der Waals surface area contributed by atoms with E-state index >= 15 is 0 Å². The molecule has 4 aromatic rings. The minimum absolute atomic E-state index is 0.0111. The molecule has 1 aliphatic rings. The minimum atomic E-state index is -1.24. The fraction of sp³-hybridized carbons (Fsp3) is 0.240. The van der Waals surface area contributed by atoms with Crippen LogP contribution in [0.3, 0.4) is 0 Å². The molecule has 1 aliphatic carbocycles. The molecule has 0 spiro atoms. The van der Waals surface area contributed by atoms with E-state index < -0.39 is 5.60 Å². The number of rotatable bonds is 6. The summed E-state index contributed by atoms with van der Waals surface area (Å²) in [5.41, 5.74) is 1.37. The second kappa shape index (κ2) is 8.26. The quantitative estimate of drug-likeness (QED) is 0.422. The Kier molecular flexibility index (Phi) is 5.40. The highest BCUT2D eigenvalue weighted by atomic mass is 35.5. The molecule has 0 saturated heterocycles. The molecule has 33 heavy (non-hydrogen) atoms. The van der Waals surface area contributed by atoms with Crippen molar-refractivity contribution in [3.63, 3.8) is 0 Å². The van der Waals surface area contributed by atoms with Crippen molar-refractivity contribution >= 4 is 22.5 Å².